The van der Waals surface area contributed by atoms with E-state index >= 15 is 0 Å². The Hall–Kier alpha value is -2.00. The first-order chi connectivity index (χ1) is 12.2. The minimum atomic E-state index is -4.55. The molecule has 3 amide bonds. The highest BCUT2D eigenvalue weighted by Crippen LogP contribution is 2.34. The number of hydrogen-bond acceptors (Lipinski definition) is 3. The number of carbonyl (C=O) groups is 2. The lowest BCUT2D eigenvalue weighted by Crippen LogP contribution is -2.57. The SMILES string of the molecule is CCNC(=O)NC1(C(=O)Nc2cc(CN)cc(C(F)(F)F)c2)CCCC1.Cl. The lowest BCUT2D eigenvalue weighted by Gasteiger charge is -2.29. The van der Waals surface area contributed by atoms with E-state index in [1.807, 2.05) is 0 Å². The van der Waals surface area contributed by atoms with Gasteiger partial charge in [0, 0.05) is 18.8 Å². The number of amides is 3. The van der Waals surface area contributed by atoms with E-state index in [0.717, 1.165) is 25.0 Å². The molecule has 1 aliphatic carbocycles. The summed E-state index contributed by atoms with van der Waals surface area (Å²) in [6, 6.07) is 2.75. The number of nitrogens with one attached hydrogen (secondary N) is 3. The third kappa shape index (κ3) is 5.74. The molecule has 152 valence electrons. The molecule has 1 fully saturated rings. The Morgan fingerprint density at radius 1 is 1.19 bits per heavy atom. The summed E-state index contributed by atoms with van der Waals surface area (Å²) in [6.07, 6.45) is -2.20. The second-order valence-corrected chi connectivity index (χ2v) is 6.35. The van der Waals surface area contributed by atoms with E-state index in [9.17, 15) is 22.8 Å². The average molecular weight is 409 g/mol. The van der Waals surface area contributed by atoms with Gasteiger partial charge in [-0.15, -0.1) is 12.4 Å². The van der Waals surface area contributed by atoms with E-state index in [-0.39, 0.29) is 30.2 Å². The fraction of sp³-hybridized carbons (Fsp3) is 0.529. The first-order valence-corrected chi connectivity index (χ1v) is 8.49. The molecule has 10 heteroatoms. The number of halogens is 4. The third-order valence-electron chi connectivity index (χ3n) is 4.40. The zero-order chi connectivity index (χ0) is 19.4. The molecule has 1 aromatic rings. The van der Waals surface area contributed by atoms with Crippen molar-refractivity contribution in [1.82, 2.24) is 10.6 Å². The number of benzene rings is 1. The standard InChI is InChI=1S/C17H23F3N4O2.ClH/c1-2-22-15(26)24-16(5-3-4-6-16)14(25)23-13-8-11(10-21)7-12(9-13)17(18,19)20;/h7-9H,2-6,10,21H2,1H3,(H,23,25)(H2,22,24,26);1H. The van der Waals surface area contributed by atoms with Gasteiger partial charge in [0.1, 0.15) is 5.54 Å². The average Bonchev–Trinajstić information content (AvgIpc) is 3.03. The molecule has 0 atom stereocenters. The second-order valence-electron chi connectivity index (χ2n) is 6.35. The summed E-state index contributed by atoms with van der Waals surface area (Å²) in [5, 5.41) is 7.77. The fourth-order valence-corrected chi connectivity index (χ4v) is 3.11. The van der Waals surface area contributed by atoms with Crippen molar-refractivity contribution in [2.45, 2.75) is 50.9 Å². The van der Waals surface area contributed by atoms with Crippen molar-refractivity contribution >= 4 is 30.0 Å². The molecule has 2 rings (SSSR count). The zero-order valence-electron chi connectivity index (χ0n) is 14.9. The molecule has 0 heterocycles. The van der Waals surface area contributed by atoms with Crippen LogP contribution in [0.2, 0.25) is 0 Å². The quantitative estimate of drug-likeness (QED) is 0.602. The molecule has 0 radical (unpaired) electrons. The molecule has 27 heavy (non-hydrogen) atoms. The summed E-state index contributed by atoms with van der Waals surface area (Å²) >= 11 is 0. The lowest BCUT2D eigenvalue weighted by atomic mass is 9.96. The van der Waals surface area contributed by atoms with Gasteiger partial charge in [0.25, 0.3) is 0 Å². The van der Waals surface area contributed by atoms with Crippen LogP contribution in [0.15, 0.2) is 18.2 Å². The molecule has 5 N–H and O–H groups in total. The zero-order valence-corrected chi connectivity index (χ0v) is 15.7. The van der Waals surface area contributed by atoms with E-state index < -0.39 is 29.2 Å². The summed E-state index contributed by atoms with van der Waals surface area (Å²) in [7, 11) is 0. The highest BCUT2D eigenvalue weighted by Gasteiger charge is 2.42. The summed E-state index contributed by atoms with van der Waals surface area (Å²) in [6.45, 7) is 2.06. The maximum Gasteiger partial charge on any atom is 0.416 e. The Labute approximate surface area is 161 Å². The summed E-state index contributed by atoms with van der Waals surface area (Å²) < 4.78 is 39.1. The summed E-state index contributed by atoms with van der Waals surface area (Å²) in [5.41, 5.74) is 3.72. The van der Waals surface area contributed by atoms with Crippen LogP contribution in [0, 0.1) is 0 Å². The molecule has 0 saturated heterocycles. The molecule has 1 aliphatic rings. The van der Waals surface area contributed by atoms with Gasteiger partial charge < -0.3 is 21.7 Å². The van der Waals surface area contributed by atoms with Crippen LogP contribution in [0.4, 0.5) is 23.7 Å². The number of nitrogens with two attached hydrogens (primary N) is 1. The van der Waals surface area contributed by atoms with Crippen LogP contribution < -0.4 is 21.7 Å². The van der Waals surface area contributed by atoms with Crippen LogP contribution >= 0.6 is 12.4 Å². The summed E-state index contributed by atoms with van der Waals surface area (Å²) in [5.74, 6) is -0.524. The topological polar surface area (TPSA) is 96.2 Å². The molecule has 0 bridgehead atoms. The van der Waals surface area contributed by atoms with Gasteiger partial charge in [-0.3, -0.25) is 4.79 Å². The van der Waals surface area contributed by atoms with Crippen molar-refractivity contribution in [3.05, 3.63) is 29.3 Å². The predicted octanol–water partition coefficient (Wildman–Crippen LogP) is 3.16. The molecule has 0 aliphatic heterocycles. The second kappa shape index (κ2) is 9.27. The van der Waals surface area contributed by atoms with Crippen LogP contribution in [0.3, 0.4) is 0 Å². The number of rotatable bonds is 5. The van der Waals surface area contributed by atoms with Crippen molar-refractivity contribution in [3.8, 4) is 0 Å². The van der Waals surface area contributed by atoms with E-state index in [1.165, 1.54) is 6.07 Å². The van der Waals surface area contributed by atoms with Gasteiger partial charge in [0.15, 0.2) is 0 Å². The monoisotopic (exact) mass is 408 g/mol. The number of hydrogen-bond donors (Lipinski definition) is 4. The molecular formula is C17H24ClF3N4O2. The van der Waals surface area contributed by atoms with Crippen LogP contribution in [-0.4, -0.2) is 24.0 Å². The smallest absolute Gasteiger partial charge is 0.338 e. The van der Waals surface area contributed by atoms with Crippen molar-refractivity contribution in [2.24, 2.45) is 5.73 Å². The fourth-order valence-electron chi connectivity index (χ4n) is 3.11. The maximum atomic E-state index is 13.0. The van der Waals surface area contributed by atoms with Crippen LogP contribution in [0.5, 0.6) is 0 Å². The van der Waals surface area contributed by atoms with Gasteiger partial charge in [-0.2, -0.15) is 13.2 Å². The Morgan fingerprint density at radius 2 is 1.81 bits per heavy atom. The molecule has 0 aromatic heterocycles. The predicted molar refractivity (Wildman–Crippen MR) is 98.6 cm³/mol. The highest BCUT2D eigenvalue weighted by molar-refractivity contribution is 6.00. The number of anilines is 1. The largest absolute Gasteiger partial charge is 0.416 e. The van der Waals surface area contributed by atoms with Crippen molar-refractivity contribution < 1.29 is 22.8 Å². The Kier molecular flexibility index (Phi) is 7.91. The minimum absolute atomic E-state index is 0. The lowest BCUT2D eigenvalue weighted by molar-refractivity contribution is -0.137. The molecular weight excluding hydrogens is 385 g/mol. The first kappa shape index (κ1) is 23.0. The van der Waals surface area contributed by atoms with Crippen LogP contribution in [-0.2, 0) is 17.5 Å². The van der Waals surface area contributed by atoms with Crippen LogP contribution in [0.25, 0.3) is 0 Å². The molecule has 1 aromatic carbocycles. The van der Waals surface area contributed by atoms with Crippen molar-refractivity contribution in [2.75, 3.05) is 11.9 Å². The van der Waals surface area contributed by atoms with E-state index in [2.05, 4.69) is 16.0 Å². The number of alkyl halides is 3. The van der Waals surface area contributed by atoms with E-state index in [1.54, 1.807) is 6.92 Å². The van der Waals surface area contributed by atoms with Gasteiger partial charge in [0.05, 0.1) is 5.56 Å². The minimum Gasteiger partial charge on any atom is -0.338 e. The van der Waals surface area contributed by atoms with Gasteiger partial charge in [-0.25, -0.2) is 4.79 Å². The van der Waals surface area contributed by atoms with Crippen LogP contribution in [0.1, 0.15) is 43.7 Å². The molecule has 0 unspecified atom stereocenters. The highest BCUT2D eigenvalue weighted by atomic mass is 35.5. The van der Waals surface area contributed by atoms with Gasteiger partial charge in [0.2, 0.25) is 5.91 Å². The van der Waals surface area contributed by atoms with E-state index in [4.69, 9.17) is 5.73 Å². The van der Waals surface area contributed by atoms with Gasteiger partial charge in [-0.05, 0) is 43.5 Å². The molecule has 1 saturated carbocycles. The Balaban J connectivity index is 0.00000364. The number of carbonyl (C=O) groups excluding carboxylic acids is 2. The number of urea groups is 1. The molecule has 0 spiro atoms. The maximum absolute atomic E-state index is 13.0. The van der Waals surface area contributed by atoms with Crippen molar-refractivity contribution in [3.63, 3.8) is 0 Å². The van der Waals surface area contributed by atoms with Gasteiger partial charge >= 0.3 is 12.2 Å². The normalized spacial score (nSPS) is 15.6. The summed E-state index contributed by atoms with van der Waals surface area (Å²) in [4.78, 5) is 24.7. The Bertz CT molecular complexity index is 677. The van der Waals surface area contributed by atoms with Crippen molar-refractivity contribution in [1.29, 1.82) is 0 Å². The van der Waals surface area contributed by atoms with E-state index in [0.29, 0.717) is 19.4 Å². The third-order valence-corrected chi connectivity index (χ3v) is 4.40. The van der Waals surface area contributed by atoms with Gasteiger partial charge in [-0.1, -0.05) is 12.8 Å². The Morgan fingerprint density at radius 3 is 2.33 bits per heavy atom. The molecule has 6 nitrogen and oxygen atoms in total. The first-order valence-electron chi connectivity index (χ1n) is 8.49.